The second kappa shape index (κ2) is 8.78. The van der Waals surface area contributed by atoms with E-state index in [9.17, 15) is 4.79 Å². The van der Waals surface area contributed by atoms with Crippen molar-refractivity contribution in [3.63, 3.8) is 0 Å². The average molecular weight is 387 g/mol. The molecule has 0 aliphatic carbocycles. The number of rotatable bonds is 8. The molecule has 9 nitrogen and oxygen atoms in total. The van der Waals surface area contributed by atoms with E-state index in [2.05, 4.69) is 19.9 Å². The topological polar surface area (TPSA) is 135 Å². The fourth-order valence-corrected chi connectivity index (χ4v) is 3.45. The molecule has 0 spiro atoms. The van der Waals surface area contributed by atoms with Gasteiger partial charge in [0.1, 0.15) is 5.82 Å². The molecule has 2 heterocycles. The van der Waals surface area contributed by atoms with Crippen molar-refractivity contribution in [3.8, 4) is 0 Å². The first-order valence-corrected chi connectivity index (χ1v) is 9.53. The molecule has 142 valence electrons. The molecule has 2 aromatic heterocycles. The Balaban J connectivity index is 1.90. The number of nitrogen functional groups attached to an aromatic ring is 2. The summed E-state index contributed by atoms with van der Waals surface area (Å²) in [6, 6.07) is 7.30. The monoisotopic (exact) mass is 387 g/mol. The smallest absolute Gasteiger partial charge is 0.262 e. The number of fused-ring (bicyclic) bond motifs is 1. The summed E-state index contributed by atoms with van der Waals surface area (Å²) in [5.74, 6) is 0.943. The van der Waals surface area contributed by atoms with Crippen LogP contribution in [0.3, 0.4) is 0 Å². The van der Waals surface area contributed by atoms with E-state index in [-0.39, 0.29) is 17.5 Å². The van der Waals surface area contributed by atoms with Crippen LogP contribution in [0.1, 0.15) is 19.2 Å². The molecule has 0 fully saturated rings. The lowest BCUT2D eigenvalue weighted by Crippen LogP contribution is -2.24. The maximum absolute atomic E-state index is 12.9. The van der Waals surface area contributed by atoms with Gasteiger partial charge in [-0.1, -0.05) is 23.9 Å². The normalized spacial score (nSPS) is 11.1. The summed E-state index contributed by atoms with van der Waals surface area (Å²) in [7, 11) is 0. The average Bonchev–Trinajstić information content (AvgIpc) is 2.64. The Labute approximate surface area is 160 Å². The van der Waals surface area contributed by atoms with Crippen LogP contribution < -0.4 is 17.0 Å². The number of benzene rings is 1. The van der Waals surface area contributed by atoms with Crippen LogP contribution in [0.25, 0.3) is 10.9 Å². The van der Waals surface area contributed by atoms with Gasteiger partial charge in [0.2, 0.25) is 11.9 Å². The molecule has 3 aromatic rings. The molecule has 0 radical (unpaired) electrons. The van der Waals surface area contributed by atoms with Gasteiger partial charge < -0.3 is 16.2 Å². The van der Waals surface area contributed by atoms with E-state index in [4.69, 9.17) is 16.2 Å². The summed E-state index contributed by atoms with van der Waals surface area (Å²) in [6.45, 7) is 3.69. The second-order valence-electron chi connectivity index (χ2n) is 5.68. The van der Waals surface area contributed by atoms with E-state index in [0.717, 1.165) is 0 Å². The highest BCUT2D eigenvalue weighted by Gasteiger charge is 2.13. The molecule has 0 saturated heterocycles. The van der Waals surface area contributed by atoms with Gasteiger partial charge in [0.15, 0.2) is 5.16 Å². The van der Waals surface area contributed by atoms with Crippen LogP contribution in [0.5, 0.6) is 0 Å². The number of para-hydroxylation sites is 1. The minimum atomic E-state index is -0.0747. The zero-order valence-electron chi connectivity index (χ0n) is 15.0. The van der Waals surface area contributed by atoms with E-state index in [1.807, 2.05) is 25.1 Å². The molecule has 0 aliphatic heterocycles. The summed E-state index contributed by atoms with van der Waals surface area (Å²) in [5, 5.41) is 1.18. The molecule has 0 aliphatic rings. The number of nitrogens with zero attached hydrogens (tertiary/aromatic N) is 5. The van der Waals surface area contributed by atoms with Crippen LogP contribution >= 0.6 is 11.8 Å². The summed E-state index contributed by atoms with van der Waals surface area (Å²) < 4.78 is 7.05. The number of hydrogen-bond donors (Lipinski definition) is 2. The lowest BCUT2D eigenvalue weighted by molar-refractivity contribution is 0.140. The standard InChI is InChI=1S/C17H21N7O2S/c1-2-26-9-5-8-24-14(25)11-6-3-4-7-12(11)20-17(24)27-10-13-21-15(18)23-16(19)22-13/h3-4,6-7H,2,5,8-10H2,1H3,(H4,18,19,21,22,23). The number of nitrogens with two attached hydrogens (primary N) is 2. The molecule has 10 heteroatoms. The van der Waals surface area contributed by atoms with E-state index in [1.54, 1.807) is 10.6 Å². The summed E-state index contributed by atoms with van der Waals surface area (Å²) in [6.07, 6.45) is 0.715. The molecule has 0 amide bonds. The Bertz CT molecular complexity index is 972. The molecular weight excluding hydrogens is 366 g/mol. The SMILES string of the molecule is CCOCCCn1c(SCc2nc(N)nc(N)n2)nc2ccccc2c1=O. The molecule has 4 N–H and O–H groups in total. The van der Waals surface area contributed by atoms with Crippen molar-refractivity contribution in [2.75, 3.05) is 24.7 Å². The number of thioether (sulfide) groups is 1. The summed E-state index contributed by atoms with van der Waals surface area (Å²) in [4.78, 5) is 29.5. The molecule has 0 bridgehead atoms. The van der Waals surface area contributed by atoms with Gasteiger partial charge in [-0.05, 0) is 25.5 Å². The minimum absolute atomic E-state index is 0.0682. The van der Waals surface area contributed by atoms with E-state index < -0.39 is 0 Å². The first-order chi connectivity index (χ1) is 13.1. The number of aromatic nitrogens is 5. The van der Waals surface area contributed by atoms with E-state index in [0.29, 0.717) is 53.8 Å². The zero-order chi connectivity index (χ0) is 19.2. The Hall–Kier alpha value is -2.72. The Kier molecular flexibility index (Phi) is 6.20. The number of hydrogen-bond acceptors (Lipinski definition) is 9. The van der Waals surface area contributed by atoms with Gasteiger partial charge in [0.25, 0.3) is 5.56 Å². The third-order valence-electron chi connectivity index (χ3n) is 3.75. The van der Waals surface area contributed by atoms with E-state index >= 15 is 0 Å². The van der Waals surface area contributed by atoms with Crippen LogP contribution in [0, 0.1) is 0 Å². The highest BCUT2D eigenvalue weighted by Crippen LogP contribution is 2.21. The van der Waals surface area contributed by atoms with E-state index in [1.165, 1.54) is 11.8 Å². The molecule has 3 rings (SSSR count). The zero-order valence-corrected chi connectivity index (χ0v) is 15.8. The van der Waals surface area contributed by atoms with Crippen molar-refractivity contribution in [1.82, 2.24) is 24.5 Å². The van der Waals surface area contributed by atoms with Crippen LogP contribution in [-0.4, -0.2) is 37.7 Å². The van der Waals surface area contributed by atoms with Gasteiger partial charge in [0.05, 0.1) is 16.7 Å². The summed E-state index contributed by atoms with van der Waals surface area (Å²) >= 11 is 1.36. The van der Waals surface area contributed by atoms with Crippen LogP contribution in [0.4, 0.5) is 11.9 Å². The maximum Gasteiger partial charge on any atom is 0.262 e. The molecule has 0 atom stereocenters. The van der Waals surface area contributed by atoms with Gasteiger partial charge in [0, 0.05) is 19.8 Å². The third-order valence-corrected chi connectivity index (χ3v) is 4.72. The fraction of sp³-hybridized carbons (Fsp3) is 0.353. The molecule has 1 aromatic carbocycles. The van der Waals surface area contributed by atoms with Gasteiger partial charge in [-0.25, -0.2) is 4.98 Å². The van der Waals surface area contributed by atoms with Crippen molar-refractivity contribution in [2.24, 2.45) is 0 Å². The van der Waals surface area contributed by atoms with Crippen molar-refractivity contribution in [1.29, 1.82) is 0 Å². The van der Waals surface area contributed by atoms with Crippen LogP contribution in [-0.2, 0) is 17.0 Å². The minimum Gasteiger partial charge on any atom is -0.382 e. The fourth-order valence-electron chi connectivity index (χ4n) is 2.57. The van der Waals surface area contributed by atoms with Gasteiger partial charge in [-0.2, -0.15) is 15.0 Å². The Morgan fingerprint density at radius 3 is 2.59 bits per heavy atom. The summed E-state index contributed by atoms with van der Waals surface area (Å²) in [5.41, 5.74) is 11.8. The number of ether oxygens (including phenoxy) is 1. The predicted octanol–water partition coefficient (Wildman–Crippen LogP) is 1.46. The third kappa shape index (κ3) is 4.72. The first-order valence-electron chi connectivity index (χ1n) is 8.54. The van der Waals surface area contributed by atoms with Crippen LogP contribution in [0.15, 0.2) is 34.2 Å². The van der Waals surface area contributed by atoms with Crippen molar-refractivity contribution >= 4 is 34.6 Å². The molecule has 0 saturated carbocycles. The Morgan fingerprint density at radius 1 is 1.11 bits per heavy atom. The van der Waals surface area contributed by atoms with Gasteiger partial charge in [-0.3, -0.25) is 9.36 Å². The van der Waals surface area contributed by atoms with Crippen LogP contribution in [0.2, 0.25) is 0 Å². The molecule has 27 heavy (non-hydrogen) atoms. The van der Waals surface area contributed by atoms with Gasteiger partial charge >= 0.3 is 0 Å². The van der Waals surface area contributed by atoms with Gasteiger partial charge in [-0.15, -0.1) is 0 Å². The Morgan fingerprint density at radius 2 is 1.85 bits per heavy atom. The largest absolute Gasteiger partial charge is 0.382 e. The predicted molar refractivity (Wildman–Crippen MR) is 105 cm³/mol. The van der Waals surface area contributed by atoms with Crippen molar-refractivity contribution < 1.29 is 4.74 Å². The lowest BCUT2D eigenvalue weighted by Gasteiger charge is -2.13. The quantitative estimate of drug-likeness (QED) is 0.334. The highest BCUT2D eigenvalue weighted by molar-refractivity contribution is 7.98. The first kappa shape index (κ1) is 19.1. The van der Waals surface area contributed by atoms with Crippen molar-refractivity contribution in [2.45, 2.75) is 30.8 Å². The molecular formula is C17H21N7O2S. The highest BCUT2D eigenvalue weighted by atomic mass is 32.2. The van der Waals surface area contributed by atoms with Crippen molar-refractivity contribution in [3.05, 3.63) is 40.4 Å². The molecule has 0 unspecified atom stereocenters. The maximum atomic E-state index is 12.9. The second-order valence-corrected chi connectivity index (χ2v) is 6.62. The number of anilines is 2. The lowest BCUT2D eigenvalue weighted by atomic mass is 10.2.